The summed E-state index contributed by atoms with van der Waals surface area (Å²) in [5.74, 6) is 1.34. The SMILES string of the molecule is Cc1cc(C(=O)NNC(=O)CCc2nc(C(C)(C)C)no2)c(C)o1. The third kappa shape index (κ3) is 4.43. The first-order valence-corrected chi connectivity index (χ1v) is 7.66. The normalized spacial score (nSPS) is 11.4. The van der Waals surface area contributed by atoms with Crippen molar-refractivity contribution in [2.45, 2.75) is 52.9 Å². The number of aryl methyl sites for hydroxylation is 3. The number of furan rings is 1. The molecular formula is C16H22N4O4. The zero-order valence-corrected chi connectivity index (χ0v) is 14.5. The van der Waals surface area contributed by atoms with Crippen molar-refractivity contribution in [2.24, 2.45) is 0 Å². The molecule has 130 valence electrons. The fourth-order valence-electron chi connectivity index (χ4n) is 1.99. The van der Waals surface area contributed by atoms with Gasteiger partial charge < -0.3 is 8.94 Å². The molecule has 0 bridgehead atoms. The second-order valence-corrected chi connectivity index (χ2v) is 6.59. The average Bonchev–Trinajstić information content (AvgIpc) is 3.08. The molecule has 0 atom stereocenters. The summed E-state index contributed by atoms with van der Waals surface area (Å²) in [7, 11) is 0. The fourth-order valence-corrected chi connectivity index (χ4v) is 1.99. The topological polar surface area (TPSA) is 110 Å². The Bertz CT molecular complexity index is 740. The molecule has 8 nitrogen and oxygen atoms in total. The third-order valence-electron chi connectivity index (χ3n) is 3.31. The summed E-state index contributed by atoms with van der Waals surface area (Å²) in [5.41, 5.74) is 4.89. The van der Waals surface area contributed by atoms with E-state index in [1.807, 2.05) is 20.8 Å². The molecule has 2 heterocycles. The molecule has 2 N–H and O–H groups in total. The van der Waals surface area contributed by atoms with Crippen LogP contribution in [0.1, 0.15) is 60.8 Å². The maximum absolute atomic E-state index is 11.9. The van der Waals surface area contributed by atoms with Crippen LogP contribution in [0.25, 0.3) is 0 Å². The van der Waals surface area contributed by atoms with Crippen LogP contribution in [0, 0.1) is 13.8 Å². The van der Waals surface area contributed by atoms with Crippen molar-refractivity contribution in [1.82, 2.24) is 21.0 Å². The van der Waals surface area contributed by atoms with Crippen LogP contribution in [0.5, 0.6) is 0 Å². The largest absolute Gasteiger partial charge is 0.466 e. The molecule has 2 amide bonds. The van der Waals surface area contributed by atoms with E-state index >= 15 is 0 Å². The molecule has 2 aromatic heterocycles. The molecule has 0 saturated carbocycles. The van der Waals surface area contributed by atoms with E-state index in [-0.39, 0.29) is 17.7 Å². The number of hydrogen-bond acceptors (Lipinski definition) is 6. The summed E-state index contributed by atoms with van der Waals surface area (Å²) < 4.78 is 10.4. The Kier molecular flexibility index (Phi) is 5.06. The summed E-state index contributed by atoms with van der Waals surface area (Å²) in [5, 5.41) is 3.89. The van der Waals surface area contributed by atoms with Crippen LogP contribution >= 0.6 is 0 Å². The average molecular weight is 334 g/mol. The van der Waals surface area contributed by atoms with E-state index < -0.39 is 5.91 Å². The molecule has 24 heavy (non-hydrogen) atoms. The Morgan fingerprint density at radius 2 is 1.92 bits per heavy atom. The molecule has 0 spiro atoms. The Morgan fingerprint density at radius 3 is 2.46 bits per heavy atom. The monoisotopic (exact) mass is 334 g/mol. The predicted octanol–water partition coefficient (Wildman–Crippen LogP) is 1.97. The quantitative estimate of drug-likeness (QED) is 0.827. The van der Waals surface area contributed by atoms with Crippen molar-refractivity contribution in [1.29, 1.82) is 0 Å². The maximum Gasteiger partial charge on any atom is 0.273 e. The molecule has 0 fully saturated rings. The zero-order chi connectivity index (χ0) is 17.9. The lowest BCUT2D eigenvalue weighted by atomic mass is 9.96. The molecule has 0 aromatic carbocycles. The number of amides is 2. The summed E-state index contributed by atoms with van der Waals surface area (Å²) in [6.45, 7) is 9.36. The second kappa shape index (κ2) is 6.86. The van der Waals surface area contributed by atoms with Crippen molar-refractivity contribution in [3.63, 3.8) is 0 Å². The minimum atomic E-state index is -0.425. The van der Waals surface area contributed by atoms with Gasteiger partial charge in [0.1, 0.15) is 11.5 Å². The number of hydrogen-bond donors (Lipinski definition) is 2. The van der Waals surface area contributed by atoms with Crippen LogP contribution in [-0.4, -0.2) is 22.0 Å². The lowest BCUT2D eigenvalue weighted by molar-refractivity contribution is -0.121. The highest BCUT2D eigenvalue weighted by Crippen LogP contribution is 2.18. The Labute approximate surface area is 140 Å². The van der Waals surface area contributed by atoms with Gasteiger partial charge in [-0.15, -0.1) is 0 Å². The van der Waals surface area contributed by atoms with Crippen molar-refractivity contribution in [3.8, 4) is 0 Å². The second-order valence-electron chi connectivity index (χ2n) is 6.59. The first-order chi connectivity index (χ1) is 11.2. The Balaban J connectivity index is 1.80. The van der Waals surface area contributed by atoms with E-state index in [1.165, 1.54) is 0 Å². The van der Waals surface area contributed by atoms with E-state index in [4.69, 9.17) is 8.94 Å². The number of aromatic nitrogens is 2. The number of hydrazine groups is 1. The standard InChI is InChI=1S/C16H22N4O4/c1-9-8-11(10(2)23-9)14(22)19-18-12(21)6-7-13-17-15(20-24-13)16(3,4)5/h8H,6-7H2,1-5H3,(H,18,21)(H,19,22). The van der Waals surface area contributed by atoms with Gasteiger partial charge in [0.15, 0.2) is 5.82 Å². The smallest absolute Gasteiger partial charge is 0.273 e. The molecule has 0 aliphatic heterocycles. The van der Waals surface area contributed by atoms with E-state index in [0.717, 1.165) is 0 Å². The molecule has 2 aromatic rings. The predicted molar refractivity (Wildman–Crippen MR) is 85.1 cm³/mol. The summed E-state index contributed by atoms with van der Waals surface area (Å²) >= 11 is 0. The van der Waals surface area contributed by atoms with E-state index in [2.05, 4.69) is 21.0 Å². The van der Waals surface area contributed by atoms with Crippen LogP contribution in [0.3, 0.4) is 0 Å². The van der Waals surface area contributed by atoms with Gasteiger partial charge >= 0.3 is 0 Å². The molecule has 0 aliphatic rings. The minimum Gasteiger partial charge on any atom is -0.466 e. The zero-order valence-electron chi connectivity index (χ0n) is 14.5. The third-order valence-corrected chi connectivity index (χ3v) is 3.31. The van der Waals surface area contributed by atoms with E-state index in [0.29, 0.717) is 35.2 Å². The van der Waals surface area contributed by atoms with Gasteiger partial charge in [-0.05, 0) is 19.9 Å². The van der Waals surface area contributed by atoms with Gasteiger partial charge in [-0.3, -0.25) is 20.4 Å². The molecule has 2 rings (SSSR count). The van der Waals surface area contributed by atoms with Gasteiger partial charge in [-0.1, -0.05) is 25.9 Å². The highest BCUT2D eigenvalue weighted by Gasteiger charge is 2.21. The number of nitrogens with zero attached hydrogens (tertiary/aromatic N) is 2. The van der Waals surface area contributed by atoms with Gasteiger partial charge in [0.05, 0.1) is 5.56 Å². The van der Waals surface area contributed by atoms with Crippen LogP contribution in [0.4, 0.5) is 0 Å². The highest BCUT2D eigenvalue weighted by atomic mass is 16.5. The number of nitrogens with one attached hydrogen (secondary N) is 2. The molecule has 8 heteroatoms. The van der Waals surface area contributed by atoms with Crippen LogP contribution < -0.4 is 10.9 Å². The van der Waals surface area contributed by atoms with Gasteiger partial charge in [0.25, 0.3) is 5.91 Å². The van der Waals surface area contributed by atoms with Crippen LogP contribution in [0.2, 0.25) is 0 Å². The van der Waals surface area contributed by atoms with Crippen molar-refractivity contribution in [2.75, 3.05) is 0 Å². The van der Waals surface area contributed by atoms with Gasteiger partial charge in [-0.25, -0.2) is 0 Å². The number of rotatable bonds is 4. The summed E-state index contributed by atoms with van der Waals surface area (Å²) in [6, 6.07) is 1.61. The molecular weight excluding hydrogens is 312 g/mol. The van der Waals surface area contributed by atoms with E-state index in [1.54, 1.807) is 19.9 Å². The lowest BCUT2D eigenvalue weighted by Crippen LogP contribution is -2.41. The van der Waals surface area contributed by atoms with Crippen LogP contribution in [0.15, 0.2) is 15.0 Å². The van der Waals surface area contributed by atoms with Crippen molar-refractivity contribution in [3.05, 3.63) is 34.9 Å². The number of carbonyl (C=O) groups is 2. The highest BCUT2D eigenvalue weighted by molar-refractivity contribution is 5.96. The van der Waals surface area contributed by atoms with Crippen molar-refractivity contribution < 1.29 is 18.5 Å². The molecule has 0 saturated heterocycles. The lowest BCUT2D eigenvalue weighted by Gasteiger charge is -2.10. The first-order valence-electron chi connectivity index (χ1n) is 7.66. The Hall–Kier alpha value is -2.64. The van der Waals surface area contributed by atoms with Gasteiger partial charge in [-0.2, -0.15) is 4.98 Å². The van der Waals surface area contributed by atoms with Gasteiger partial charge in [0.2, 0.25) is 11.8 Å². The van der Waals surface area contributed by atoms with Crippen LogP contribution in [-0.2, 0) is 16.6 Å². The van der Waals surface area contributed by atoms with Crippen molar-refractivity contribution >= 4 is 11.8 Å². The van der Waals surface area contributed by atoms with Gasteiger partial charge in [0, 0.05) is 18.3 Å². The Morgan fingerprint density at radius 1 is 1.21 bits per heavy atom. The molecule has 0 aliphatic carbocycles. The molecule has 0 radical (unpaired) electrons. The minimum absolute atomic E-state index is 0.120. The molecule has 0 unspecified atom stereocenters. The first kappa shape index (κ1) is 17.7. The summed E-state index contributed by atoms with van der Waals surface area (Å²) in [6.07, 6.45) is 0.421. The maximum atomic E-state index is 11.9. The van der Waals surface area contributed by atoms with E-state index in [9.17, 15) is 9.59 Å². The summed E-state index contributed by atoms with van der Waals surface area (Å²) in [4.78, 5) is 28.0. The number of carbonyl (C=O) groups excluding carboxylic acids is 2. The fraction of sp³-hybridized carbons (Fsp3) is 0.500.